The zero-order valence-corrected chi connectivity index (χ0v) is 10.1. The van der Waals surface area contributed by atoms with Crippen LogP contribution in [0.25, 0.3) is 11.1 Å². The van der Waals surface area contributed by atoms with Gasteiger partial charge in [0.15, 0.2) is 0 Å². The van der Waals surface area contributed by atoms with Crippen molar-refractivity contribution in [2.45, 2.75) is 20.4 Å². The highest BCUT2D eigenvalue weighted by Gasteiger charge is 2.16. The third-order valence-electron chi connectivity index (χ3n) is 2.91. The summed E-state index contributed by atoms with van der Waals surface area (Å²) < 4.78 is 15.3. The van der Waals surface area contributed by atoms with Crippen molar-refractivity contribution >= 4 is 0 Å². The second-order valence-electron chi connectivity index (χ2n) is 3.91. The molecule has 0 amide bonds. The second kappa shape index (κ2) is 4.49. The van der Waals surface area contributed by atoms with Gasteiger partial charge >= 0.3 is 0 Å². The van der Waals surface area contributed by atoms with E-state index in [4.69, 9.17) is 5.26 Å². The number of hydrogen-bond acceptors (Lipinski definition) is 3. The Morgan fingerprint density at radius 3 is 2.72 bits per heavy atom. The quantitative estimate of drug-likeness (QED) is 0.884. The van der Waals surface area contributed by atoms with Gasteiger partial charge < -0.3 is 5.11 Å². The van der Waals surface area contributed by atoms with Crippen molar-refractivity contribution in [3.63, 3.8) is 0 Å². The zero-order chi connectivity index (χ0) is 13.3. The maximum atomic E-state index is 13.8. The molecule has 0 radical (unpaired) electrons. The minimum atomic E-state index is -0.557. The van der Waals surface area contributed by atoms with Gasteiger partial charge in [-0.1, -0.05) is 6.07 Å². The van der Waals surface area contributed by atoms with Crippen LogP contribution in [-0.2, 0) is 6.54 Å². The lowest BCUT2D eigenvalue weighted by atomic mass is 10.00. The summed E-state index contributed by atoms with van der Waals surface area (Å²) in [6, 6.07) is 4.81. The average Bonchev–Trinajstić information content (AvgIpc) is 2.74. The van der Waals surface area contributed by atoms with E-state index in [2.05, 4.69) is 5.10 Å². The number of nitriles is 1. The predicted molar refractivity (Wildman–Crippen MR) is 64.4 cm³/mol. The van der Waals surface area contributed by atoms with Crippen molar-refractivity contribution in [1.82, 2.24) is 9.78 Å². The lowest BCUT2D eigenvalue weighted by molar-refractivity contribution is 0.406. The third kappa shape index (κ3) is 1.72. The molecule has 0 aliphatic heterocycles. The summed E-state index contributed by atoms with van der Waals surface area (Å²) in [5, 5.41) is 22.7. The fraction of sp³-hybridized carbons (Fsp3) is 0.231. The molecule has 92 valence electrons. The standard InChI is InChI=1S/C13H12FN3O/c1-3-17-13(18)11(7-16-17)10-5-4-9(6-15)12(14)8(10)2/h4-5,7,18H,3H2,1-2H3. The van der Waals surface area contributed by atoms with Crippen LogP contribution in [0.1, 0.15) is 18.1 Å². The van der Waals surface area contributed by atoms with Gasteiger partial charge in [-0.3, -0.25) is 0 Å². The Hall–Kier alpha value is -2.35. The maximum Gasteiger partial charge on any atom is 0.217 e. The molecule has 1 aromatic carbocycles. The van der Waals surface area contributed by atoms with Crippen molar-refractivity contribution in [3.8, 4) is 23.1 Å². The van der Waals surface area contributed by atoms with Gasteiger partial charge in [0.25, 0.3) is 0 Å². The van der Waals surface area contributed by atoms with Crippen LogP contribution in [0.3, 0.4) is 0 Å². The van der Waals surface area contributed by atoms with E-state index >= 15 is 0 Å². The first-order chi connectivity index (χ1) is 8.60. The van der Waals surface area contributed by atoms with Gasteiger partial charge in [-0.2, -0.15) is 10.4 Å². The summed E-state index contributed by atoms with van der Waals surface area (Å²) in [6.45, 7) is 3.96. The number of halogens is 1. The highest BCUT2D eigenvalue weighted by atomic mass is 19.1. The van der Waals surface area contributed by atoms with E-state index in [9.17, 15) is 9.50 Å². The van der Waals surface area contributed by atoms with Crippen LogP contribution in [0.2, 0.25) is 0 Å². The molecule has 2 rings (SSSR count). The minimum absolute atomic E-state index is 0.00127. The Kier molecular flexibility index (Phi) is 3.02. The normalized spacial score (nSPS) is 10.3. The molecule has 5 heteroatoms. The molecular formula is C13H12FN3O. The zero-order valence-electron chi connectivity index (χ0n) is 10.1. The monoisotopic (exact) mass is 245 g/mol. The SMILES string of the molecule is CCn1ncc(-c2ccc(C#N)c(F)c2C)c1O. The van der Waals surface area contributed by atoms with E-state index in [0.717, 1.165) is 0 Å². The molecule has 2 aromatic rings. The van der Waals surface area contributed by atoms with Gasteiger partial charge in [0.2, 0.25) is 5.88 Å². The molecule has 0 atom stereocenters. The van der Waals surface area contributed by atoms with Gasteiger partial charge in [-0.05, 0) is 31.0 Å². The fourth-order valence-corrected chi connectivity index (χ4v) is 1.86. The van der Waals surface area contributed by atoms with Crippen LogP contribution in [0, 0.1) is 24.1 Å². The lowest BCUT2D eigenvalue weighted by Crippen LogP contribution is -1.95. The van der Waals surface area contributed by atoms with Crippen LogP contribution < -0.4 is 0 Å². The Bertz CT molecular complexity index is 640. The third-order valence-corrected chi connectivity index (χ3v) is 2.91. The molecule has 0 unspecified atom stereocenters. The Morgan fingerprint density at radius 2 is 2.17 bits per heavy atom. The van der Waals surface area contributed by atoms with Gasteiger partial charge in [0.05, 0.1) is 17.3 Å². The molecule has 0 aliphatic carbocycles. The van der Waals surface area contributed by atoms with Crippen molar-refractivity contribution in [1.29, 1.82) is 5.26 Å². The van der Waals surface area contributed by atoms with E-state index in [0.29, 0.717) is 23.2 Å². The second-order valence-corrected chi connectivity index (χ2v) is 3.91. The van der Waals surface area contributed by atoms with Crippen molar-refractivity contribution < 1.29 is 9.50 Å². The minimum Gasteiger partial charge on any atom is -0.493 e. The number of nitrogens with zero attached hydrogens (tertiary/aromatic N) is 3. The van der Waals surface area contributed by atoms with Gasteiger partial charge in [0.1, 0.15) is 11.9 Å². The van der Waals surface area contributed by atoms with Crippen LogP contribution in [0.15, 0.2) is 18.3 Å². The summed E-state index contributed by atoms with van der Waals surface area (Å²) >= 11 is 0. The van der Waals surface area contributed by atoms with Gasteiger partial charge in [0, 0.05) is 6.54 Å². The van der Waals surface area contributed by atoms with E-state index in [1.807, 2.05) is 6.92 Å². The van der Waals surface area contributed by atoms with E-state index in [1.54, 1.807) is 19.1 Å². The Morgan fingerprint density at radius 1 is 1.44 bits per heavy atom. The van der Waals surface area contributed by atoms with E-state index in [-0.39, 0.29) is 11.4 Å². The summed E-state index contributed by atoms with van der Waals surface area (Å²) in [5.41, 5.74) is 1.35. The molecule has 0 saturated carbocycles. The summed E-state index contributed by atoms with van der Waals surface area (Å²) in [5.74, 6) is -0.552. The first-order valence-electron chi connectivity index (χ1n) is 5.54. The number of rotatable bonds is 2. The summed E-state index contributed by atoms with van der Waals surface area (Å²) in [6.07, 6.45) is 1.49. The summed E-state index contributed by atoms with van der Waals surface area (Å²) in [7, 11) is 0. The topological polar surface area (TPSA) is 61.8 Å². The molecule has 1 aromatic heterocycles. The van der Waals surface area contributed by atoms with E-state index < -0.39 is 5.82 Å². The molecule has 0 bridgehead atoms. The lowest BCUT2D eigenvalue weighted by Gasteiger charge is -2.07. The maximum absolute atomic E-state index is 13.8. The van der Waals surface area contributed by atoms with Crippen LogP contribution in [0.5, 0.6) is 5.88 Å². The number of aromatic nitrogens is 2. The molecule has 4 nitrogen and oxygen atoms in total. The summed E-state index contributed by atoms with van der Waals surface area (Å²) in [4.78, 5) is 0. The molecule has 0 aliphatic rings. The Labute approximate surface area is 104 Å². The van der Waals surface area contributed by atoms with Crippen LogP contribution in [0.4, 0.5) is 4.39 Å². The predicted octanol–water partition coefficient (Wildman–Crippen LogP) is 2.59. The average molecular weight is 245 g/mol. The smallest absolute Gasteiger partial charge is 0.217 e. The van der Waals surface area contributed by atoms with Crippen molar-refractivity contribution in [2.24, 2.45) is 0 Å². The van der Waals surface area contributed by atoms with Crippen molar-refractivity contribution in [2.75, 3.05) is 0 Å². The molecular weight excluding hydrogens is 233 g/mol. The number of hydrogen-bond donors (Lipinski definition) is 1. The number of aromatic hydroxyl groups is 1. The number of aryl methyl sites for hydroxylation is 1. The van der Waals surface area contributed by atoms with Crippen molar-refractivity contribution in [3.05, 3.63) is 35.3 Å². The first-order valence-corrected chi connectivity index (χ1v) is 5.54. The van der Waals surface area contributed by atoms with Crippen LogP contribution in [-0.4, -0.2) is 14.9 Å². The molecule has 1 heterocycles. The Balaban J connectivity index is 2.62. The molecule has 1 N–H and O–H groups in total. The van der Waals surface area contributed by atoms with Crippen LogP contribution >= 0.6 is 0 Å². The highest BCUT2D eigenvalue weighted by molar-refractivity contribution is 5.72. The van der Waals surface area contributed by atoms with Gasteiger partial charge in [-0.25, -0.2) is 9.07 Å². The molecule has 18 heavy (non-hydrogen) atoms. The molecule has 0 saturated heterocycles. The number of benzene rings is 1. The molecule has 0 spiro atoms. The largest absolute Gasteiger partial charge is 0.493 e. The van der Waals surface area contributed by atoms with E-state index in [1.165, 1.54) is 16.9 Å². The van der Waals surface area contributed by atoms with Gasteiger partial charge in [-0.15, -0.1) is 0 Å². The highest BCUT2D eigenvalue weighted by Crippen LogP contribution is 2.33. The fourth-order valence-electron chi connectivity index (χ4n) is 1.86. The first kappa shape index (κ1) is 12.1. The molecule has 0 fully saturated rings.